The minimum Gasteiger partial charge on any atom is -0.455 e. The third-order valence-electron chi connectivity index (χ3n) is 4.69. The van der Waals surface area contributed by atoms with Gasteiger partial charge in [-0.05, 0) is 30.7 Å². The van der Waals surface area contributed by atoms with Crippen molar-refractivity contribution in [1.82, 2.24) is 10.7 Å². The zero-order valence-corrected chi connectivity index (χ0v) is 18.4. The van der Waals surface area contributed by atoms with Crippen LogP contribution in [0.5, 0.6) is 0 Å². The van der Waals surface area contributed by atoms with Crippen LogP contribution in [0.4, 0.5) is 17.1 Å². The summed E-state index contributed by atoms with van der Waals surface area (Å²) < 4.78 is 5.60. The van der Waals surface area contributed by atoms with Crippen molar-refractivity contribution >= 4 is 35.1 Å². The molecular weight excluding hydrogens is 480 g/mol. The van der Waals surface area contributed by atoms with Gasteiger partial charge in [0.15, 0.2) is 0 Å². The summed E-state index contributed by atoms with van der Waals surface area (Å²) >= 11 is 0. The van der Waals surface area contributed by atoms with Crippen LogP contribution < -0.4 is 10.7 Å². The van der Waals surface area contributed by atoms with Crippen LogP contribution in [0.15, 0.2) is 58.0 Å². The van der Waals surface area contributed by atoms with Crippen LogP contribution in [-0.4, -0.2) is 39.3 Å². The first-order valence-electron chi connectivity index (χ1n) is 9.94. The average Bonchev–Trinajstić information content (AvgIpc) is 3.30. The van der Waals surface area contributed by atoms with E-state index < -0.39 is 44.5 Å². The number of non-ortho nitro benzene ring substituents is 3. The molecule has 0 aliphatic rings. The summed E-state index contributed by atoms with van der Waals surface area (Å²) in [5.74, 6) is -1.00. The largest absolute Gasteiger partial charge is 0.455 e. The number of hydrazone groups is 1. The van der Waals surface area contributed by atoms with Crippen LogP contribution in [0.1, 0.15) is 21.7 Å². The number of rotatable bonds is 9. The molecule has 1 aromatic heterocycles. The minimum atomic E-state index is -0.935. The highest BCUT2D eigenvalue weighted by Crippen LogP contribution is 2.28. The Balaban J connectivity index is 1.58. The number of benzene rings is 2. The molecule has 2 amide bonds. The predicted molar refractivity (Wildman–Crippen MR) is 123 cm³/mol. The molecule has 0 bridgehead atoms. The Morgan fingerprint density at radius 3 is 2.14 bits per heavy atom. The van der Waals surface area contributed by atoms with Gasteiger partial charge < -0.3 is 9.73 Å². The van der Waals surface area contributed by atoms with E-state index in [-0.39, 0.29) is 17.0 Å². The molecule has 0 spiro atoms. The number of nitro benzene ring substituents is 3. The van der Waals surface area contributed by atoms with Gasteiger partial charge >= 0.3 is 0 Å². The van der Waals surface area contributed by atoms with Gasteiger partial charge in [0.1, 0.15) is 11.5 Å². The van der Waals surface area contributed by atoms with Crippen molar-refractivity contribution in [3.8, 4) is 11.3 Å². The highest BCUT2D eigenvalue weighted by atomic mass is 16.6. The SMILES string of the molecule is Cc1cc([N+](=O)[O-])ccc1-c1ccc(/C=N\NC(=O)CNC(=O)c2cc([N+](=O)[O-])cc([N+](=O)[O-])c2)o1. The molecule has 2 aromatic carbocycles. The van der Waals surface area contributed by atoms with Gasteiger partial charge in [0.2, 0.25) is 0 Å². The molecule has 15 nitrogen and oxygen atoms in total. The third-order valence-corrected chi connectivity index (χ3v) is 4.69. The van der Waals surface area contributed by atoms with E-state index in [0.29, 0.717) is 23.0 Å². The Labute approximate surface area is 200 Å². The molecule has 0 aliphatic heterocycles. The van der Waals surface area contributed by atoms with Crippen molar-refractivity contribution in [3.05, 3.63) is 95.8 Å². The van der Waals surface area contributed by atoms with E-state index in [1.165, 1.54) is 18.3 Å². The van der Waals surface area contributed by atoms with E-state index in [2.05, 4.69) is 15.8 Å². The highest BCUT2D eigenvalue weighted by Gasteiger charge is 2.20. The van der Waals surface area contributed by atoms with E-state index in [0.717, 1.165) is 12.1 Å². The van der Waals surface area contributed by atoms with Gasteiger partial charge in [-0.15, -0.1) is 0 Å². The summed E-state index contributed by atoms with van der Waals surface area (Å²) in [5, 5.41) is 38.6. The van der Waals surface area contributed by atoms with Crippen molar-refractivity contribution in [3.63, 3.8) is 0 Å². The topological polar surface area (TPSA) is 213 Å². The summed E-state index contributed by atoms with van der Waals surface area (Å²) in [7, 11) is 0. The molecule has 0 unspecified atom stereocenters. The Morgan fingerprint density at radius 1 is 0.917 bits per heavy atom. The molecule has 0 radical (unpaired) electrons. The van der Waals surface area contributed by atoms with Crippen molar-refractivity contribution in [1.29, 1.82) is 0 Å². The lowest BCUT2D eigenvalue weighted by atomic mass is 10.1. The maximum Gasteiger partial charge on any atom is 0.277 e. The molecule has 0 saturated carbocycles. The average molecular weight is 496 g/mol. The van der Waals surface area contributed by atoms with E-state index in [4.69, 9.17) is 4.42 Å². The standard InChI is InChI=1S/C21H16N6O9/c1-12-6-14(25(30)31)2-4-18(12)19-5-3-17(36-19)10-23-24-20(28)11-22-21(29)13-7-15(26(32)33)9-16(8-13)27(34)35/h2-10H,11H2,1H3,(H,22,29)(H,24,28)/b23-10-. The van der Waals surface area contributed by atoms with Crippen LogP contribution in [-0.2, 0) is 4.79 Å². The van der Waals surface area contributed by atoms with Gasteiger partial charge in [0, 0.05) is 29.8 Å². The number of hydrogen-bond acceptors (Lipinski definition) is 10. The van der Waals surface area contributed by atoms with Crippen LogP contribution in [0.2, 0.25) is 0 Å². The fraction of sp³-hybridized carbons (Fsp3) is 0.0952. The fourth-order valence-electron chi connectivity index (χ4n) is 3.01. The molecule has 0 aliphatic carbocycles. The molecule has 3 aromatic rings. The van der Waals surface area contributed by atoms with Gasteiger partial charge in [-0.2, -0.15) is 5.10 Å². The van der Waals surface area contributed by atoms with Crippen molar-refractivity contribution in [2.75, 3.05) is 6.54 Å². The quantitative estimate of drug-likeness (QED) is 0.253. The van der Waals surface area contributed by atoms with Crippen molar-refractivity contribution in [2.45, 2.75) is 6.92 Å². The van der Waals surface area contributed by atoms with E-state index in [9.17, 15) is 39.9 Å². The number of furan rings is 1. The zero-order chi connectivity index (χ0) is 26.4. The maximum atomic E-state index is 12.2. The number of aryl methyl sites for hydroxylation is 1. The van der Waals surface area contributed by atoms with Gasteiger partial charge in [0.25, 0.3) is 28.9 Å². The number of nitrogens with zero attached hydrogens (tertiary/aromatic N) is 4. The van der Waals surface area contributed by atoms with Crippen LogP contribution in [0.25, 0.3) is 11.3 Å². The number of hydrogen-bond donors (Lipinski definition) is 2. The van der Waals surface area contributed by atoms with Crippen LogP contribution in [0, 0.1) is 37.3 Å². The molecule has 3 rings (SSSR count). The number of carbonyl (C=O) groups is 2. The smallest absolute Gasteiger partial charge is 0.277 e. The first-order chi connectivity index (χ1) is 17.0. The Bertz CT molecular complexity index is 1380. The van der Waals surface area contributed by atoms with E-state index in [1.54, 1.807) is 25.1 Å². The Morgan fingerprint density at radius 2 is 1.56 bits per heavy atom. The first-order valence-corrected chi connectivity index (χ1v) is 9.94. The third kappa shape index (κ3) is 6.10. The summed E-state index contributed by atoms with van der Waals surface area (Å²) in [6.45, 7) is 1.12. The summed E-state index contributed by atoms with van der Waals surface area (Å²) in [6.07, 6.45) is 1.19. The molecule has 1 heterocycles. The normalized spacial score (nSPS) is 10.7. The van der Waals surface area contributed by atoms with Gasteiger partial charge in [-0.25, -0.2) is 5.43 Å². The molecular formula is C21H16N6O9. The monoisotopic (exact) mass is 496 g/mol. The second-order valence-corrected chi connectivity index (χ2v) is 7.19. The number of nitrogens with one attached hydrogen (secondary N) is 2. The molecule has 184 valence electrons. The second kappa shape index (κ2) is 10.6. The molecule has 0 saturated heterocycles. The van der Waals surface area contributed by atoms with E-state index in [1.807, 2.05) is 0 Å². The molecule has 2 N–H and O–H groups in total. The zero-order valence-electron chi connectivity index (χ0n) is 18.4. The van der Waals surface area contributed by atoms with E-state index >= 15 is 0 Å². The lowest BCUT2D eigenvalue weighted by molar-refractivity contribution is -0.394. The lowest BCUT2D eigenvalue weighted by Gasteiger charge is -2.04. The number of carbonyl (C=O) groups excluding carboxylic acids is 2. The van der Waals surface area contributed by atoms with Crippen molar-refractivity contribution < 1.29 is 28.8 Å². The molecule has 15 heteroatoms. The highest BCUT2D eigenvalue weighted by molar-refractivity contribution is 5.97. The van der Waals surface area contributed by atoms with Gasteiger partial charge in [-0.3, -0.25) is 39.9 Å². The summed E-state index contributed by atoms with van der Waals surface area (Å²) in [6, 6.07) is 9.89. The molecule has 0 atom stereocenters. The molecule has 0 fully saturated rings. The lowest BCUT2D eigenvalue weighted by Crippen LogP contribution is -2.35. The minimum absolute atomic E-state index is 0.0527. The maximum absolute atomic E-state index is 12.2. The van der Waals surface area contributed by atoms with Crippen LogP contribution >= 0.6 is 0 Å². The predicted octanol–water partition coefficient (Wildman–Crippen LogP) is 2.86. The van der Waals surface area contributed by atoms with Crippen LogP contribution in [0.3, 0.4) is 0 Å². The number of amides is 2. The summed E-state index contributed by atoms with van der Waals surface area (Å²) in [5.41, 5.74) is 1.69. The van der Waals surface area contributed by atoms with Gasteiger partial charge in [0.05, 0.1) is 39.2 Å². The molecule has 36 heavy (non-hydrogen) atoms. The Hall–Kier alpha value is -5.47. The Kier molecular flexibility index (Phi) is 7.44. The van der Waals surface area contributed by atoms with Gasteiger partial charge in [-0.1, -0.05) is 0 Å². The second-order valence-electron chi connectivity index (χ2n) is 7.19. The fourth-order valence-corrected chi connectivity index (χ4v) is 3.01. The first kappa shape index (κ1) is 25.2. The summed E-state index contributed by atoms with van der Waals surface area (Å²) in [4.78, 5) is 54.6. The number of nitro groups is 3. The van der Waals surface area contributed by atoms with Crippen molar-refractivity contribution in [2.24, 2.45) is 5.10 Å².